The average Bonchev–Trinajstić information content (AvgIpc) is 2.63. The third kappa shape index (κ3) is 3.93. The fourth-order valence-corrected chi connectivity index (χ4v) is 4.49. The highest BCUT2D eigenvalue weighted by atomic mass is 32.2. The van der Waals surface area contributed by atoms with Gasteiger partial charge in [0.1, 0.15) is 6.23 Å². The molecule has 5 nitrogen and oxygen atoms in total. The highest BCUT2D eigenvalue weighted by molar-refractivity contribution is 7.89. The van der Waals surface area contributed by atoms with Gasteiger partial charge in [0.2, 0.25) is 10.0 Å². The Labute approximate surface area is 149 Å². The summed E-state index contributed by atoms with van der Waals surface area (Å²) in [6.45, 7) is 2.77. The smallest absolute Gasteiger partial charge is 0.245 e. The Balaban J connectivity index is 1.96. The minimum atomic E-state index is -3.65. The largest absolute Gasteiger partial charge is 0.382 e. The first kappa shape index (κ1) is 18.1. The molecular formula is C19H23NO4S. The van der Waals surface area contributed by atoms with Crippen LogP contribution in [0, 0.1) is 6.92 Å². The average molecular weight is 361 g/mol. The molecule has 1 aliphatic rings. The molecule has 0 aromatic heterocycles. The van der Waals surface area contributed by atoms with Gasteiger partial charge in [-0.3, -0.25) is 0 Å². The molecule has 1 heterocycles. The number of nitrogens with zero attached hydrogens (tertiary/aromatic N) is 1. The summed E-state index contributed by atoms with van der Waals surface area (Å²) in [5.74, 6) is 0. The van der Waals surface area contributed by atoms with Crippen LogP contribution >= 0.6 is 0 Å². The molecule has 3 rings (SSSR count). The fourth-order valence-electron chi connectivity index (χ4n) is 2.97. The molecule has 0 saturated carbocycles. The van der Waals surface area contributed by atoms with Gasteiger partial charge in [0.05, 0.1) is 17.6 Å². The zero-order valence-electron chi connectivity index (χ0n) is 14.5. The molecule has 0 N–H and O–H groups in total. The van der Waals surface area contributed by atoms with Crippen molar-refractivity contribution >= 4 is 10.0 Å². The second kappa shape index (κ2) is 7.66. The molecule has 0 aliphatic carbocycles. The van der Waals surface area contributed by atoms with Gasteiger partial charge in [-0.2, -0.15) is 4.31 Å². The summed E-state index contributed by atoms with van der Waals surface area (Å²) in [5, 5.41) is 0. The van der Waals surface area contributed by atoms with Gasteiger partial charge >= 0.3 is 0 Å². The van der Waals surface area contributed by atoms with Crippen molar-refractivity contribution in [1.29, 1.82) is 0 Å². The van der Waals surface area contributed by atoms with E-state index in [4.69, 9.17) is 9.47 Å². The van der Waals surface area contributed by atoms with Gasteiger partial charge in [-0.1, -0.05) is 48.0 Å². The van der Waals surface area contributed by atoms with Crippen molar-refractivity contribution in [2.24, 2.45) is 0 Å². The van der Waals surface area contributed by atoms with Crippen LogP contribution in [0.3, 0.4) is 0 Å². The summed E-state index contributed by atoms with van der Waals surface area (Å²) in [6.07, 6.45) is -0.177. The Bertz CT molecular complexity index is 790. The van der Waals surface area contributed by atoms with E-state index in [-0.39, 0.29) is 11.0 Å². The number of sulfonamides is 1. The lowest BCUT2D eigenvalue weighted by Gasteiger charge is -2.38. The van der Waals surface area contributed by atoms with E-state index in [0.29, 0.717) is 19.6 Å². The summed E-state index contributed by atoms with van der Waals surface area (Å²) in [4.78, 5) is 0.285. The minimum absolute atomic E-state index is 0.125. The van der Waals surface area contributed by atoms with E-state index in [1.165, 1.54) is 4.31 Å². The minimum Gasteiger partial charge on any atom is -0.382 e. The number of methoxy groups -OCH3 is 1. The summed E-state index contributed by atoms with van der Waals surface area (Å²) >= 11 is 0. The number of hydrogen-bond acceptors (Lipinski definition) is 4. The Morgan fingerprint density at radius 1 is 1.12 bits per heavy atom. The standard InChI is InChI=1S/C19H23NO4S/c1-15-8-10-18(11-9-15)25(21,22)20-13-12-17(14-23-2)24-19(20)16-6-4-3-5-7-16/h3-11,17,19H,12-14H2,1-2H3. The van der Waals surface area contributed by atoms with Crippen molar-refractivity contribution in [1.82, 2.24) is 4.31 Å². The Morgan fingerprint density at radius 3 is 2.44 bits per heavy atom. The van der Waals surface area contributed by atoms with Crippen LogP contribution in [0.4, 0.5) is 0 Å². The maximum atomic E-state index is 13.2. The Morgan fingerprint density at radius 2 is 1.80 bits per heavy atom. The van der Waals surface area contributed by atoms with Gasteiger partial charge in [-0.15, -0.1) is 0 Å². The predicted octanol–water partition coefficient (Wildman–Crippen LogP) is 3.12. The van der Waals surface area contributed by atoms with E-state index in [0.717, 1.165) is 11.1 Å². The van der Waals surface area contributed by atoms with Gasteiger partial charge in [-0.05, 0) is 31.0 Å². The van der Waals surface area contributed by atoms with Crippen LogP contribution in [0.2, 0.25) is 0 Å². The first-order valence-corrected chi connectivity index (χ1v) is 9.74. The molecule has 2 aromatic rings. The lowest BCUT2D eigenvalue weighted by atomic mass is 10.1. The van der Waals surface area contributed by atoms with Crippen LogP contribution in [-0.4, -0.2) is 39.1 Å². The molecule has 0 amide bonds. The first-order chi connectivity index (χ1) is 12.0. The van der Waals surface area contributed by atoms with Gasteiger partial charge in [0.25, 0.3) is 0 Å². The van der Waals surface area contributed by atoms with E-state index in [1.807, 2.05) is 49.4 Å². The Kier molecular flexibility index (Phi) is 5.54. The summed E-state index contributed by atoms with van der Waals surface area (Å²) in [7, 11) is -2.03. The van der Waals surface area contributed by atoms with Crippen molar-refractivity contribution in [2.75, 3.05) is 20.3 Å². The highest BCUT2D eigenvalue weighted by Crippen LogP contribution is 2.34. The molecule has 0 spiro atoms. The molecule has 2 atom stereocenters. The monoisotopic (exact) mass is 361 g/mol. The van der Waals surface area contributed by atoms with Crippen molar-refractivity contribution in [3.05, 3.63) is 65.7 Å². The third-order valence-electron chi connectivity index (χ3n) is 4.32. The van der Waals surface area contributed by atoms with Crippen molar-refractivity contribution < 1.29 is 17.9 Å². The number of hydrogen-bond donors (Lipinski definition) is 0. The molecule has 25 heavy (non-hydrogen) atoms. The molecule has 134 valence electrons. The topological polar surface area (TPSA) is 55.8 Å². The normalized spacial score (nSPS) is 22.0. The van der Waals surface area contributed by atoms with E-state index < -0.39 is 16.3 Å². The molecule has 6 heteroatoms. The van der Waals surface area contributed by atoms with E-state index in [9.17, 15) is 8.42 Å². The van der Waals surface area contributed by atoms with E-state index in [1.54, 1.807) is 19.2 Å². The summed E-state index contributed by atoms with van der Waals surface area (Å²) in [5.41, 5.74) is 1.84. The Hall–Kier alpha value is -1.73. The maximum Gasteiger partial charge on any atom is 0.245 e. The molecule has 1 fully saturated rings. The van der Waals surface area contributed by atoms with Crippen LogP contribution in [0.15, 0.2) is 59.5 Å². The van der Waals surface area contributed by atoms with Crippen LogP contribution in [0.5, 0.6) is 0 Å². The zero-order chi connectivity index (χ0) is 17.9. The van der Waals surface area contributed by atoms with Crippen molar-refractivity contribution in [3.63, 3.8) is 0 Å². The number of rotatable bonds is 5. The van der Waals surface area contributed by atoms with E-state index in [2.05, 4.69) is 0 Å². The van der Waals surface area contributed by atoms with Crippen molar-refractivity contribution in [2.45, 2.75) is 30.6 Å². The second-order valence-electron chi connectivity index (χ2n) is 6.19. The van der Waals surface area contributed by atoms with Gasteiger partial charge < -0.3 is 9.47 Å². The second-order valence-corrected chi connectivity index (χ2v) is 8.08. The highest BCUT2D eigenvalue weighted by Gasteiger charge is 2.38. The summed E-state index contributed by atoms with van der Waals surface area (Å²) in [6, 6.07) is 16.4. The number of ether oxygens (including phenoxy) is 2. The van der Waals surface area contributed by atoms with Gasteiger partial charge in [0.15, 0.2) is 0 Å². The molecular weight excluding hydrogens is 338 g/mol. The summed E-state index contributed by atoms with van der Waals surface area (Å²) < 4.78 is 39.0. The predicted molar refractivity (Wildman–Crippen MR) is 95.6 cm³/mol. The molecule has 1 aliphatic heterocycles. The third-order valence-corrected chi connectivity index (χ3v) is 6.18. The van der Waals surface area contributed by atoms with Crippen LogP contribution in [0.25, 0.3) is 0 Å². The first-order valence-electron chi connectivity index (χ1n) is 8.30. The lowest BCUT2D eigenvalue weighted by molar-refractivity contribution is -0.128. The van der Waals surface area contributed by atoms with Crippen LogP contribution < -0.4 is 0 Å². The van der Waals surface area contributed by atoms with Gasteiger partial charge in [-0.25, -0.2) is 8.42 Å². The fraction of sp³-hybridized carbons (Fsp3) is 0.368. The van der Waals surface area contributed by atoms with E-state index >= 15 is 0 Å². The number of aryl methyl sites for hydroxylation is 1. The van der Waals surface area contributed by atoms with Crippen molar-refractivity contribution in [3.8, 4) is 0 Å². The zero-order valence-corrected chi connectivity index (χ0v) is 15.3. The molecule has 0 radical (unpaired) electrons. The van der Waals surface area contributed by atoms with Gasteiger partial charge in [0, 0.05) is 13.7 Å². The molecule has 2 aromatic carbocycles. The lowest BCUT2D eigenvalue weighted by Crippen LogP contribution is -2.45. The van der Waals surface area contributed by atoms with Crippen LogP contribution in [-0.2, 0) is 19.5 Å². The molecule has 2 unspecified atom stereocenters. The molecule has 0 bridgehead atoms. The quantitative estimate of drug-likeness (QED) is 0.821. The number of benzene rings is 2. The van der Waals surface area contributed by atoms with Crippen LogP contribution in [0.1, 0.15) is 23.8 Å². The molecule has 1 saturated heterocycles. The SMILES string of the molecule is COCC1CCN(S(=O)(=O)c2ccc(C)cc2)C(c2ccccc2)O1. The maximum absolute atomic E-state index is 13.2.